The van der Waals surface area contributed by atoms with E-state index in [0.717, 1.165) is 11.2 Å². The van der Waals surface area contributed by atoms with Gasteiger partial charge in [-0.3, -0.25) is 0 Å². The first-order valence-corrected chi connectivity index (χ1v) is 6.97. The van der Waals surface area contributed by atoms with Crippen molar-refractivity contribution in [3.8, 4) is 0 Å². The van der Waals surface area contributed by atoms with Crippen LogP contribution in [0.25, 0.3) is 0 Å². The van der Waals surface area contributed by atoms with E-state index in [1.807, 2.05) is 40.8 Å². The summed E-state index contributed by atoms with van der Waals surface area (Å²) in [5.74, 6) is -0.379. The summed E-state index contributed by atoms with van der Waals surface area (Å²) in [4.78, 5) is 11.7. The van der Waals surface area contributed by atoms with E-state index in [-0.39, 0.29) is 5.97 Å². The molecule has 0 aromatic heterocycles. The Morgan fingerprint density at radius 1 is 1.19 bits per heavy atom. The maximum atomic E-state index is 11.7. The van der Waals surface area contributed by atoms with Gasteiger partial charge in [-0.2, -0.15) is 0 Å². The minimum atomic E-state index is -0.526. The minimum Gasteiger partial charge on any atom is -0.465 e. The number of hydrogen-bond acceptors (Lipinski definition) is 5. The van der Waals surface area contributed by atoms with E-state index in [1.165, 1.54) is 7.11 Å². The van der Waals surface area contributed by atoms with Crippen LogP contribution in [0, 0.1) is 0 Å². The minimum absolute atomic E-state index is 0.379. The Bertz CT molecular complexity index is 541. The smallest absolute Gasteiger partial charge is 0.465 e. The number of esters is 1. The van der Waals surface area contributed by atoms with Crippen LogP contribution in [0.4, 0.5) is 5.69 Å². The summed E-state index contributed by atoms with van der Waals surface area (Å²) in [6.07, 6.45) is 0. The normalized spacial score (nSPS) is 19.4. The summed E-state index contributed by atoms with van der Waals surface area (Å²) < 4.78 is 16.9. The molecule has 1 aliphatic rings. The molecule has 0 unspecified atom stereocenters. The van der Waals surface area contributed by atoms with Crippen molar-refractivity contribution in [2.75, 3.05) is 19.5 Å². The number of benzene rings is 1. The molecule has 5 nitrogen and oxygen atoms in total. The third-order valence-corrected chi connectivity index (χ3v) is 4.25. The molecular formula is C15H22BNO4. The molecule has 1 saturated heterocycles. The molecular weight excluding hydrogens is 269 g/mol. The van der Waals surface area contributed by atoms with Crippen LogP contribution < -0.4 is 10.8 Å². The second-order valence-electron chi connectivity index (χ2n) is 6.13. The topological polar surface area (TPSA) is 56.8 Å². The van der Waals surface area contributed by atoms with Gasteiger partial charge in [0.1, 0.15) is 0 Å². The number of rotatable bonds is 3. The highest BCUT2D eigenvalue weighted by Crippen LogP contribution is 2.37. The number of hydrogen-bond donors (Lipinski definition) is 1. The van der Waals surface area contributed by atoms with E-state index in [4.69, 9.17) is 14.0 Å². The monoisotopic (exact) mass is 291 g/mol. The van der Waals surface area contributed by atoms with Crippen molar-refractivity contribution in [2.24, 2.45) is 0 Å². The van der Waals surface area contributed by atoms with Gasteiger partial charge < -0.3 is 19.4 Å². The van der Waals surface area contributed by atoms with E-state index in [0.29, 0.717) is 5.56 Å². The van der Waals surface area contributed by atoms with Crippen molar-refractivity contribution in [3.63, 3.8) is 0 Å². The Morgan fingerprint density at radius 3 is 2.24 bits per heavy atom. The molecule has 21 heavy (non-hydrogen) atoms. The maximum Gasteiger partial charge on any atom is 0.496 e. The van der Waals surface area contributed by atoms with E-state index in [2.05, 4.69) is 5.32 Å². The molecule has 1 N–H and O–H groups in total. The van der Waals surface area contributed by atoms with Gasteiger partial charge in [-0.05, 0) is 45.9 Å². The summed E-state index contributed by atoms with van der Waals surface area (Å²) in [5.41, 5.74) is 1.27. The van der Waals surface area contributed by atoms with Crippen LogP contribution in [-0.4, -0.2) is 38.4 Å². The Hall–Kier alpha value is -1.53. The summed E-state index contributed by atoms with van der Waals surface area (Å²) in [7, 11) is 2.66. The van der Waals surface area contributed by atoms with Crippen LogP contribution in [0.3, 0.4) is 0 Å². The van der Waals surface area contributed by atoms with Crippen LogP contribution in [0.1, 0.15) is 38.1 Å². The zero-order valence-corrected chi connectivity index (χ0v) is 13.4. The quantitative estimate of drug-likeness (QED) is 0.680. The van der Waals surface area contributed by atoms with Crippen LogP contribution in [-0.2, 0) is 14.0 Å². The zero-order valence-electron chi connectivity index (χ0n) is 13.4. The zero-order chi connectivity index (χ0) is 15.8. The number of carbonyl (C=O) groups excluding carboxylic acids is 1. The van der Waals surface area contributed by atoms with Crippen LogP contribution >= 0.6 is 0 Å². The SMILES string of the molecule is CNc1ccc(C(=O)OC)cc1B1OC(C)(C)C(C)(C)O1. The molecule has 114 valence electrons. The van der Waals surface area contributed by atoms with E-state index in [1.54, 1.807) is 12.1 Å². The summed E-state index contributed by atoms with van der Waals surface area (Å²) in [6, 6.07) is 5.29. The van der Waals surface area contributed by atoms with Gasteiger partial charge in [-0.15, -0.1) is 0 Å². The second kappa shape index (κ2) is 5.35. The average molecular weight is 291 g/mol. The molecule has 1 aromatic carbocycles. The summed E-state index contributed by atoms with van der Waals surface area (Å²) in [5, 5.41) is 3.10. The van der Waals surface area contributed by atoms with Crippen molar-refractivity contribution < 1.29 is 18.8 Å². The van der Waals surface area contributed by atoms with Crippen molar-refractivity contribution >= 4 is 24.2 Å². The van der Waals surface area contributed by atoms with Gasteiger partial charge in [0.05, 0.1) is 23.9 Å². The lowest BCUT2D eigenvalue weighted by Gasteiger charge is -2.32. The second-order valence-corrected chi connectivity index (χ2v) is 6.13. The third kappa shape index (κ3) is 2.78. The molecule has 0 aliphatic carbocycles. The van der Waals surface area contributed by atoms with Crippen LogP contribution in [0.5, 0.6) is 0 Å². The largest absolute Gasteiger partial charge is 0.496 e. The van der Waals surface area contributed by atoms with Gasteiger partial charge >= 0.3 is 13.1 Å². The Balaban J connectivity index is 2.41. The fraction of sp³-hybridized carbons (Fsp3) is 0.533. The number of anilines is 1. The van der Waals surface area contributed by atoms with Gasteiger partial charge in [-0.25, -0.2) is 4.79 Å². The highest BCUT2D eigenvalue weighted by Gasteiger charge is 2.52. The molecule has 1 aliphatic heterocycles. The van der Waals surface area contributed by atoms with E-state index < -0.39 is 18.3 Å². The number of methoxy groups -OCH3 is 1. The fourth-order valence-corrected chi connectivity index (χ4v) is 2.20. The first-order valence-electron chi connectivity index (χ1n) is 6.97. The lowest BCUT2D eigenvalue weighted by atomic mass is 9.77. The predicted molar refractivity (Wildman–Crippen MR) is 83.0 cm³/mol. The molecule has 1 heterocycles. The van der Waals surface area contributed by atoms with Gasteiger partial charge in [0.2, 0.25) is 0 Å². The predicted octanol–water partition coefficient (Wildman–Crippen LogP) is 1.81. The summed E-state index contributed by atoms with van der Waals surface area (Å²) >= 11 is 0. The van der Waals surface area contributed by atoms with Gasteiger partial charge in [0.15, 0.2) is 0 Å². The van der Waals surface area contributed by atoms with Gasteiger partial charge in [0.25, 0.3) is 0 Å². The van der Waals surface area contributed by atoms with Crippen LogP contribution in [0.2, 0.25) is 0 Å². The first kappa shape index (κ1) is 15.9. The number of ether oxygens (including phenoxy) is 1. The molecule has 0 saturated carbocycles. The lowest BCUT2D eigenvalue weighted by Crippen LogP contribution is -2.41. The molecule has 0 atom stereocenters. The Kier molecular flexibility index (Phi) is 4.04. The van der Waals surface area contributed by atoms with E-state index in [9.17, 15) is 4.79 Å². The molecule has 6 heteroatoms. The molecule has 1 fully saturated rings. The maximum absolute atomic E-state index is 11.7. The number of nitrogens with one attached hydrogen (secondary N) is 1. The van der Waals surface area contributed by atoms with Crippen LogP contribution in [0.15, 0.2) is 18.2 Å². The van der Waals surface area contributed by atoms with Gasteiger partial charge in [-0.1, -0.05) is 0 Å². The van der Waals surface area contributed by atoms with Gasteiger partial charge in [0, 0.05) is 18.2 Å². The molecule has 0 bridgehead atoms. The fourth-order valence-electron chi connectivity index (χ4n) is 2.20. The third-order valence-electron chi connectivity index (χ3n) is 4.25. The highest BCUT2D eigenvalue weighted by molar-refractivity contribution is 6.64. The Morgan fingerprint density at radius 2 is 1.76 bits per heavy atom. The molecule has 0 radical (unpaired) electrons. The lowest BCUT2D eigenvalue weighted by molar-refractivity contribution is 0.00578. The van der Waals surface area contributed by atoms with Crippen molar-refractivity contribution in [1.82, 2.24) is 0 Å². The molecule has 0 spiro atoms. The Labute approximate surface area is 126 Å². The molecule has 0 amide bonds. The average Bonchev–Trinajstić information content (AvgIpc) is 2.65. The van der Waals surface area contributed by atoms with Crippen molar-refractivity contribution in [3.05, 3.63) is 23.8 Å². The first-order chi connectivity index (χ1) is 9.71. The molecule has 1 aromatic rings. The standard InChI is InChI=1S/C15H22BNO4/c1-14(2)15(3,4)21-16(20-14)11-9-10(13(18)19-6)7-8-12(11)17-5/h7-9,17H,1-6H3. The molecule has 2 rings (SSSR count). The van der Waals surface area contributed by atoms with E-state index >= 15 is 0 Å². The van der Waals surface area contributed by atoms with Crippen molar-refractivity contribution in [1.29, 1.82) is 0 Å². The summed E-state index contributed by atoms with van der Waals surface area (Å²) in [6.45, 7) is 7.98. The van der Waals surface area contributed by atoms with Crippen molar-refractivity contribution in [2.45, 2.75) is 38.9 Å². The number of carbonyl (C=O) groups is 1. The highest BCUT2D eigenvalue weighted by atomic mass is 16.7.